The summed E-state index contributed by atoms with van der Waals surface area (Å²) < 4.78 is 0. The van der Waals surface area contributed by atoms with Crippen molar-refractivity contribution in [2.75, 3.05) is 5.32 Å². The molecule has 0 saturated heterocycles. The number of benzene rings is 3. The van der Waals surface area contributed by atoms with Gasteiger partial charge in [-0.25, -0.2) is 0 Å². The van der Waals surface area contributed by atoms with Gasteiger partial charge in [-0.1, -0.05) is 166 Å². The Kier molecular flexibility index (Phi) is 12.4. The molecule has 0 aliphatic heterocycles. The van der Waals surface area contributed by atoms with E-state index in [4.69, 9.17) is 0 Å². The molecule has 3 aromatic rings. The summed E-state index contributed by atoms with van der Waals surface area (Å²) in [6.07, 6.45) is 27.5. The van der Waals surface area contributed by atoms with Crippen LogP contribution in [0.2, 0.25) is 0 Å². The molecule has 47 heavy (non-hydrogen) atoms. The van der Waals surface area contributed by atoms with Crippen LogP contribution in [-0.2, 0) is 0 Å². The number of aryl methyl sites for hydroxylation is 1. The van der Waals surface area contributed by atoms with Crippen molar-refractivity contribution in [3.05, 3.63) is 197 Å². The molecule has 1 N–H and O–H groups in total. The summed E-state index contributed by atoms with van der Waals surface area (Å²) >= 11 is 0. The van der Waals surface area contributed by atoms with Crippen molar-refractivity contribution < 1.29 is 0 Å². The molecule has 0 amide bonds. The molecule has 0 fully saturated rings. The molecule has 4 rings (SSSR count). The van der Waals surface area contributed by atoms with Gasteiger partial charge >= 0.3 is 0 Å². The molecule has 2 atom stereocenters. The maximum Gasteiger partial charge on any atom is 0.0462 e. The van der Waals surface area contributed by atoms with Gasteiger partial charge in [0.2, 0.25) is 0 Å². The SMILES string of the molecule is C=C/C=C\C=C/C(C)C(c1ccccc1)c1cccc(N/C=C/C=C2/C(/C=C\C=C/C)=C(C)C(C)(C)/C2=C/C)c1-c1ccccc1C. The highest BCUT2D eigenvalue weighted by molar-refractivity contribution is 5.84. The minimum Gasteiger partial charge on any atom is -0.361 e. The minimum atomic E-state index is -0.0111. The Labute approximate surface area is 284 Å². The summed E-state index contributed by atoms with van der Waals surface area (Å²) in [6, 6.07) is 26.3. The van der Waals surface area contributed by atoms with Gasteiger partial charge in [0.05, 0.1) is 0 Å². The van der Waals surface area contributed by atoms with Gasteiger partial charge in [-0.2, -0.15) is 0 Å². The van der Waals surface area contributed by atoms with Crippen molar-refractivity contribution in [2.45, 2.75) is 54.4 Å². The second-order valence-electron chi connectivity index (χ2n) is 12.7. The molecule has 0 heterocycles. The summed E-state index contributed by atoms with van der Waals surface area (Å²) in [5, 5.41) is 3.71. The largest absolute Gasteiger partial charge is 0.361 e. The van der Waals surface area contributed by atoms with E-state index in [0.29, 0.717) is 0 Å². The van der Waals surface area contributed by atoms with E-state index < -0.39 is 0 Å². The topological polar surface area (TPSA) is 12.0 Å². The van der Waals surface area contributed by atoms with Crippen LogP contribution in [0.5, 0.6) is 0 Å². The molecule has 240 valence electrons. The monoisotopic (exact) mass is 617 g/mol. The molecule has 1 heteroatoms. The number of hydrogen-bond donors (Lipinski definition) is 1. The lowest BCUT2D eigenvalue weighted by Crippen LogP contribution is -2.12. The lowest BCUT2D eigenvalue weighted by Gasteiger charge is -2.27. The lowest BCUT2D eigenvalue weighted by molar-refractivity contribution is 0.564. The van der Waals surface area contributed by atoms with E-state index in [1.807, 2.05) is 25.2 Å². The fourth-order valence-corrected chi connectivity index (χ4v) is 6.70. The molecule has 0 aromatic heterocycles. The van der Waals surface area contributed by atoms with Crippen LogP contribution < -0.4 is 5.32 Å². The van der Waals surface area contributed by atoms with Gasteiger partial charge < -0.3 is 5.32 Å². The third kappa shape index (κ3) is 8.10. The van der Waals surface area contributed by atoms with Crippen molar-refractivity contribution in [2.24, 2.45) is 11.3 Å². The highest BCUT2D eigenvalue weighted by Gasteiger charge is 2.36. The smallest absolute Gasteiger partial charge is 0.0462 e. The molecule has 1 aliphatic carbocycles. The molecule has 0 spiro atoms. The number of anilines is 1. The van der Waals surface area contributed by atoms with Crippen LogP contribution in [0.3, 0.4) is 0 Å². The minimum absolute atomic E-state index is 0.0111. The van der Waals surface area contributed by atoms with Gasteiger partial charge in [0.25, 0.3) is 0 Å². The molecular formula is C46H51N. The summed E-state index contributed by atoms with van der Waals surface area (Å²) in [7, 11) is 0. The van der Waals surface area contributed by atoms with Gasteiger partial charge in [-0.15, -0.1) is 0 Å². The van der Waals surface area contributed by atoms with Crippen LogP contribution in [0.1, 0.15) is 64.2 Å². The normalized spacial score (nSPS) is 18.2. The zero-order chi connectivity index (χ0) is 33.8. The highest BCUT2D eigenvalue weighted by Crippen LogP contribution is 2.50. The van der Waals surface area contributed by atoms with E-state index in [-0.39, 0.29) is 17.3 Å². The second-order valence-corrected chi connectivity index (χ2v) is 12.7. The first-order valence-electron chi connectivity index (χ1n) is 16.8. The standard InChI is InChI=1S/C46H51N/c1-9-12-14-17-25-35(5)44(37-26-18-15-19-27-37)41-30-22-32-43(45(41)38-28-21-20-24-34(38)4)47-33-23-31-40-39(29-16-13-10-2)36(6)46(7,8)42(40)11-3/h9-33,35,44,47H,1H2,2-8H3/b13-10-,14-12-,25-17-,29-16-,33-23+,40-31-,42-11+. The fourth-order valence-electron chi connectivity index (χ4n) is 6.70. The third-order valence-corrected chi connectivity index (χ3v) is 9.35. The quantitative estimate of drug-likeness (QED) is 0.199. The van der Waals surface area contributed by atoms with Gasteiger partial charge in [0.15, 0.2) is 0 Å². The van der Waals surface area contributed by atoms with Crippen LogP contribution in [-0.4, -0.2) is 0 Å². The molecular weight excluding hydrogens is 567 g/mol. The van der Waals surface area contributed by atoms with E-state index in [2.05, 4.69) is 187 Å². The third-order valence-electron chi connectivity index (χ3n) is 9.35. The maximum absolute atomic E-state index is 3.81. The Hall–Kier alpha value is -4.88. The first kappa shape index (κ1) is 35.0. The summed E-state index contributed by atoms with van der Waals surface area (Å²) in [6.45, 7) is 19.4. The van der Waals surface area contributed by atoms with Crippen molar-refractivity contribution >= 4 is 5.69 Å². The molecule has 3 aromatic carbocycles. The number of rotatable bonds is 12. The van der Waals surface area contributed by atoms with Crippen molar-refractivity contribution in [3.8, 4) is 11.1 Å². The van der Waals surface area contributed by atoms with E-state index >= 15 is 0 Å². The fraction of sp³-hybridized carbons (Fsp3) is 0.217. The Bertz CT molecular complexity index is 1780. The number of allylic oxidation sites excluding steroid dienone is 16. The number of hydrogen-bond acceptors (Lipinski definition) is 1. The molecule has 1 aliphatic rings. The van der Waals surface area contributed by atoms with Crippen molar-refractivity contribution in [1.82, 2.24) is 0 Å². The summed E-state index contributed by atoms with van der Waals surface area (Å²) in [5.74, 6) is 0.406. The average molecular weight is 618 g/mol. The zero-order valence-electron chi connectivity index (χ0n) is 29.3. The first-order valence-corrected chi connectivity index (χ1v) is 16.8. The van der Waals surface area contributed by atoms with Crippen LogP contribution in [0.25, 0.3) is 11.1 Å². The van der Waals surface area contributed by atoms with Gasteiger partial charge in [0.1, 0.15) is 0 Å². The van der Waals surface area contributed by atoms with Crippen LogP contribution in [0.4, 0.5) is 5.69 Å². The van der Waals surface area contributed by atoms with Crippen LogP contribution >= 0.6 is 0 Å². The summed E-state index contributed by atoms with van der Waals surface area (Å²) in [5.41, 5.74) is 12.7. The van der Waals surface area contributed by atoms with Gasteiger partial charge in [-0.05, 0) is 84.7 Å². The predicted molar refractivity (Wildman–Crippen MR) is 208 cm³/mol. The zero-order valence-corrected chi connectivity index (χ0v) is 29.3. The van der Waals surface area contributed by atoms with Crippen LogP contribution in [0.15, 0.2) is 181 Å². The van der Waals surface area contributed by atoms with Crippen molar-refractivity contribution in [3.63, 3.8) is 0 Å². The average Bonchev–Trinajstić information content (AvgIpc) is 3.25. The Balaban J connectivity index is 1.82. The summed E-state index contributed by atoms with van der Waals surface area (Å²) in [4.78, 5) is 0. The Morgan fingerprint density at radius 3 is 2.23 bits per heavy atom. The van der Waals surface area contributed by atoms with Gasteiger partial charge in [-0.3, -0.25) is 0 Å². The lowest BCUT2D eigenvalue weighted by atomic mass is 9.77. The van der Waals surface area contributed by atoms with E-state index in [0.717, 1.165) is 5.69 Å². The first-order chi connectivity index (χ1) is 22.8. The molecule has 1 nitrogen and oxygen atoms in total. The molecule has 2 unspecified atom stereocenters. The van der Waals surface area contributed by atoms with Crippen molar-refractivity contribution in [1.29, 1.82) is 0 Å². The van der Waals surface area contributed by atoms with E-state index in [1.54, 1.807) is 0 Å². The maximum atomic E-state index is 3.81. The van der Waals surface area contributed by atoms with E-state index in [9.17, 15) is 0 Å². The Morgan fingerprint density at radius 1 is 0.787 bits per heavy atom. The molecule has 0 radical (unpaired) electrons. The van der Waals surface area contributed by atoms with Crippen LogP contribution in [0, 0.1) is 18.3 Å². The van der Waals surface area contributed by atoms with E-state index in [1.165, 1.54) is 50.1 Å². The second kappa shape index (κ2) is 16.6. The Morgan fingerprint density at radius 2 is 1.53 bits per heavy atom. The predicted octanol–water partition coefficient (Wildman–Crippen LogP) is 13.0. The number of nitrogens with one attached hydrogen (secondary N) is 1. The molecule has 0 bridgehead atoms. The molecule has 0 saturated carbocycles. The van der Waals surface area contributed by atoms with Gasteiger partial charge in [0, 0.05) is 28.8 Å². The highest BCUT2D eigenvalue weighted by atomic mass is 14.8.